The van der Waals surface area contributed by atoms with E-state index in [4.69, 9.17) is 5.11 Å². The summed E-state index contributed by atoms with van der Waals surface area (Å²) in [4.78, 5) is 16.0. The Balaban J connectivity index is 2.18. The van der Waals surface area contributed by atoms with E-state index in [1.807, 2.05) is 25.1 Å². The summed E-state index contributed by atoms with van der Waals surface area (Å²) in [5.74, 6) is 5.64. The second-order valence-corrected chi connectivity index (χ2v) is 4.50. The van der Waals surface area contributed by atoms with Crippen LogP contribution in [-0.4, -0.2) is 22.6 Å². The smallest absolute Gasteiger partial charge is 0.255 e. The Kier molecular flexibility index (Phi) is 5.08. The lowest BCUT2D eigenvalue weighted by molar-refractivity contribution is 0.102. The highest BCUT2D eigenvalue weighted by Crippen LogP contribution is 2.17. The number of aryl methyl sites for hydroxylation is 1. The van der Waals surface area contributed by atoms with E-state index in [1.54, 1.807) is 24.5 Å². The van der Waals surface area contributed by atoms with Crippen molar-refractivity contribution in [2.75, 3.05) is 11.9 Å². The average Bonchev–Trinajstić information content (AvgIpc) is 2.51. The van der Waals surface area contributed by atoms with Gasteiger partial charge < -0.3 is 10.4 Å². The van der Waals surface area contributed by atoms with Crippen LogP contribution in [0.2, 0.25) is 0 Å². The van der Waals surface area contributed by atoms with Gasteiger partial charge >= 0.3 is 0 Å². The molecule has 2 N–H and O–H groups in total. The molecule has 2 aromatic rings. The number of nitrogens with zero attached hydrogens (tertiary/aromatic N) is 1. The van der Waals surface area contributed by atoms with Crippen molar-refractivity contribution in [3.8, 4) is 11.8 Å². The second kappa shape index (κ2) is 7.22. The highest BCUT2D eigenvalue weighted by Gasteiger charge is 2.07. The van der Waals surface area contributed by atoms with E-state index >= 15 is 0 Å². The molecule has 0 aliphatic rings. The van der Waals surface area contributed by atoms with Crippen LogP contribution in [0.3, 0.4) is 0 Å². The molecule has 0 fully saturated rings. The fourth-order valence-corrected chi connectivity index (χ4v) is 1.75. The minimum absolute atomic E-state index is 0.0461. The summed E-state index contributed by atoms with van der Waals surface area (Å²) < 4.78 is 0. The van der Waals surface area contributed by atoms with Crippen molar-refractivity contribution in [1.29, 1.82) is 0 Å². The Morgan fingerprint density at radius 3 is 2.76 bits per heavy atom. The highest BCUT2D eigenvalue weighted by atomic mass is 16.2. The monoisotopic (exact) mass is 280 g/mol. The number of benzene rings is 1. The predicted octanol–water partition coefficient (Wildman–Crippen LogP) is 2.38. The summed E-state index contributed by atoms with van der Waals surface area (Å²) in [7, 11) is 0. The third kappa shape index (κ3) is 4.16. The van der Waals surface area contributed by atoms with Gasteiger partial charge in [0.1, 0.15) is 0 Å². The molecular formula is C17H16N2O2. The zero-order valence-electron chi connectivity index (χ0n) is 11.8. The van der Waals surface area contributed by atoms with E-state index in [2.05, 4.69) is 22.1 Å². The third-order valence-electron chi connectivity index (χ3n) is 2.90. The molecule has 0 saturated heterocycles. The van der Waals surface area contributed by atoms with Gasteiger partial charge in [-0.05, 0) is 36.8 Å². The van der Waals surface area contributed by atoms with Gasteiger partial charge in [-0.25, -0.2) is 0 Å². The molecule has 2 rings (SSSR count). The van der Waals surface area contributed by atoms with Crippen molar-refractivity contribution in [2.24, 2.45) is 0 Å². The molecule has 21 heavy (non-hydrogen) atoms. The number of carbonyl (C=O) groups is 1. The fraction of sp³-hybridized carbons (Fsp3) is 0.176. The molecule has 0 saturated carbocycles. The summed E-state index contributed by atoms with van der Waals surface area (Å²) in [6.45, 7) is 1.97. The van der Waals surface area contributed by atoms with Crippen molar-refractivity contribution in [3.05, 3.63) is 59.4 Å². The largest absolute Gasteiger partial charge is 0.395 e. The van der Waals surface area contributed by atoms with Crippen LogP contribution >= 0.6 is 0 Å². The zero-order valence-corrected chi connectivity index (χ0v) is 11.8. The van der Waals surface area contributed by atoms with Crippen LogP contribution in [0.5, 0.6) is 0 Å². The number of hydrogen-bond acceptors (Lipinski definition) is 3. The predicted molar refractivity (Wildman–Crippen MR) is 82.0 cm³/mol. The summed E-state index contributed by atoms with van der Waals surface area (Å²) in [6.07, 6.45) is 3.60. The molecule has 0 radical (unpaired) electrons. The van der Waals surface area contributed by atoms with Crippen LogP contribution < -0.4 is 5.32 Å². The van der Waals surface area contributed by atoms with Crippen molar-refractivity contribution >= 4 is 11.6 Å². The summed E-state index contributed by atoms with van der Waals surface area (Å²) in [6, 6.07) is 8.96. The summed E-state index contributed by atoms with van der Waals surface area (Å²) in [5, 5.41) is 11.6. The minimum Gasteiger partial charge on any atom is -0.395 e. The first-order valence-corrected chi connectivity index (χ1v) is 6.62. The van der Waals surface area contributed by atoms with E-state index in [0.717, 1.165) is 16.8 Å². The van der Waals surface area contributed by atoms with E-state index in [1.165, 1.54) is 0 Å². The number of hydrogen-bond donors (Lipinski definition) is 2. The van der Waals surface area contributed by atoms with Crippen LogP contribution in [0.4, 0.5) is 5.69 Å². The number of amides is 1. The number of pyridine rings is 1. The van der Waals surface area contributed by atoms with Crippen molar-refractivity contribution < 1.29 is 9.90 Å². The summed E-state index contributed by atoms with van der Waals surface area (Å²) in [5.41, 5.74) is 3.05. The molecule has 0 spiro atoms. The molecule has 0 atom stereocenters. The number of aromatic nitrogens is 1. The molecule has 4 nitrogen and oxygen atoms in total. The first-order chi connectivity index (χ1) is 10.2. The lowest BCUT2D eigenvalue weighted by Gasteiger charge is -2.08. The van der Waals surface area contributed by atoms with Gasteiger partial charge in [0, 0.05) is 35.6 Å². The maximum atomic E-state index is 12.1. The fourth-order valence-electron chi connectivity index (χ4n) is 1.75. The Labute approximate surface area is 123 Å². The first-order valence-electron chi connectivity index (χ1n) is 6.62. The van der Waals surface area contributed by atoms with E-state index < -0.39 is 0 Å². The van der Waals surface area contributed by atoms with Crippen molar-refractivity contribution in [3.63, 3.8) is 0 Å². The number of anilines is 1. The Hall–Kier alpha value is -2.64. The number of aliphatic hydroxyl groups is 1. The zero-order chi connectivity index (χ0) is 15.1. The topological polar surface area (TPSA) is 62.2 Å². The van der Waals surface area contributed by atoms with Gasteiger partial charge in [-0.15, -0.1) is 0 Å². The van der Waals surface area contributed by atoms with Crippen LogP contribution in [-0.2, 0) is 0 Å². The van der Waals surface area contributed by atoms with Crippen LogP contribution in [0.15, 0.2) is 42.7 Å². The van der Waals surface area contributed by atoms with Crippen LogP contribution in [0, 0.1) is 18.8 Å². The lowest BCUT2D eigenvalue weighted by Crippen LogP contribution is -2.12. The average molecular weight is 280 g/mol. The number of nitrogens with one attached hydrogen (secondary N) is 1. The molecule has 106 valence electrons. The number of carbonyl (C=O) groups excluding carboxylic acids is 1. The maximum absolute atomic E-state index is 12.1. The van der Waals surface area contributed by atoms with Gasteiger partial charge in [-0.3, -0.25) is 9.78 Å². The Bertz CT molecular complexity index is 685. The Morgan fingerprint density at radius 1 is 1.29 bits per heavy atom. The van der Waals surface area contributed by atoms with Gasteiger partial charge in [0.15, 0.2) is 0 Å². The van der Waals surface area contributed by atoms with Gasteiger partial charge in [0.05, 0.1) is 6.61 Å². The van der Waals surface area contributed by atoms with Gasteiger partial charge in [-0.2, -0.15) is 0 Å². The summed E-state index contributed by atoms with van der Waals surface area (Å²) >= 11 is 0. The second-order valence-electron chi connectivity index (χ2n) is 4.50. The van der Waals surface area contributed by atoms with Gasteiger partial charge in [-0.1, -0.05) is 17.9 Å². The molecule has 1 aromatic carbocycles. The molecule has 0 unspecified atom stereocenters. The van der Waals surface area contributed by atoms with Gasteiger partial charge in [0.2, 0.25) is 0 Å². The van der Waals surface area contributed by atoms with Crippen LogP contribution in [0.1, 0.15) is 27.9 Å². The lowest BCUT2D eigenvalue weighted by atomic mass is 10.1. The molecule has 0 aliphatic carbocycles. The third-order valence-corrected chi connectivity index (χ3v) is 2.90. The van der Waals surface area contributed by atoms with Crippen LogP contribution in [0.25, 0.3) is 0 Å². The number of rotatable bonds is 3. The van der Waals surface area contributed by atoms with Gasteiger partial charge in [0.25, 0.3) is 5.91 Å². The molecular weight excluding hydrogens is 264 g/mol. The Morgan fingerprint density at radius 2 is 2.05 bits per heavy atom. The highest BCUT2D eigenvalue weighted by molar-refractivity contribution is 6.04. The minimum atomic E-state index is -0.180. The molecule has 1 aromatic heterocycles. The quantitative estimate of drug-likeness (QED) is 0.849. The number of aliphatic hydroxyl groups excluding tert-OH is 1. The molecule has 1 amide bonds. The molecule has 0 bridgehead atoms. The van der Waals surface area contributed by atoms with Crippen molar-refractivity contribution in [1.82, 2.24) is 4.98 Å². The van der Waals surface area contributed by atoms with E-state index in [-0.39, 0.29) is 12.5 Å². The molecule has 0 aliphatic heterocycles. The van der Waals surface area contributed by atoms with E-state index in [0.29, 0.717) is 12.0 Å². The van der Waals surface area contributed by atoms with E-state index in [9.17, 15) is 4.79 Å². The van der Waals surface area contributed by atoms with Crippen molar-refractivity contribution in [2.45, 2.75) is 13.3 Å². The molecule has 4 heteroatoms. The first kappa shape index (κ1) is 14.8. The SMILES string of the molecule is Cc1ccc(C#CCCO)cc1NC(=O)c1ccncc1. The maximum Gasteiger partial charge on any atom is 0.255 e. The normalized spacial score (nSPS) is 9.62. The molecule has 1 heterocycles. The standard InChI is InChI=1S/C17H16N2O2/c1-13-5-6-14(4-2-3-11-20)12-16(13)19-17(21)15-7-9-18-10-8-15/h5-10,12,20H,3,11H2,1H3,(H,19,21).